The molecule has 2 heteroatoms. The van der Waals surface area contributed by atoms with E-state index < -0.39 is 0 Å². The minimum Gasteiger partial charge on any atom is -0.317 e. The smallest absolute Gasteiger partial charge is 0.121 e. The fraction of sp³-hybridized carbons (Fsp3) is 0.231. The first-order valence-electron chi connectivity index (χ1n) is 10.2. The van der Waals surface area contributed by atoms with Crippen molar-refractivity contribution in [3.05, 3.63) is 91.0 Å². The van der Waals surface area contributed by atoms with Crippen LogP contribution in [0.3, 0.4) is 0 Å². The molecule has 3 aromatic rings. The zero-order valence-electron chi connectivity index (χ0n) is 16.6. The monoisotopic (exact) mass is 366 g/mol. The summed E-state index contributed by atoms with van der Waals surface area (Å²) >= 11 is 0. The molecule has 1 atom stereocenters. The molecule has 0 radical (unpaired) electrons. The van der Waals surface area contributed by atoms with Crippen LogP contribution >= 0.6 is 0 Å². The first kappa shape index (κ1) is 17.1. The van der Waals surface area contributed by atoms with Gasteiger partial charge in [-0.05, 0) is 48.7 Å². The molecule has 2 aliphatic heterocycles. The third-order valence-corrected chi connectivity index (χ3v) is 6.77. The van der Waals surface area contributed by atoms with E-state index in [0.717, 1.165) is 12.8 Å². The lowest BCUT2D eigenvalue weighted by Crippen LogP contribution is -2.54. The van der Waals surface area contributed by atoms with Crippen molar-refractivity contribution in [1.82, 2.24) is 0 Å². The summed E-state index contributed by atoms with van der Waals surface area (Å²) in [6.45, 7) is 9.27. The Morgan fingerprint density at radius 2 is 1.25 bits per heavy atom. The van der Waals surface area contributed by atoms with E-state index in [0.29, 0.717) is 0 Å². The maximum absolute atomic E-state index is 4.65. The summed E-state index contributed by atoms with van der Waals surface area (Å²) in [5, 5.41) is 0. The van der Waals surface area contributed by atoms with Crippen LogP contribution in [0, 0.1) is 5.41 Å². The van der Waals surface area contributed by atoms with E-state index in [1.54, 1.807) is 0 Å². The van der Waals surface area contributed by atoms with Crippen LogP contribution in [0.15, 0.2) is 85.4 Å². The lowest BCUT2D eigenvalue weighted by atomic mass is 9.67. The number of hydrogen-bond donors (Lipinski definition) is 0. The summed E-state index contributed by atoms with van der Waals surface area (Å²) in [6, 6.07) is 28.4. The normalized spacial score (nSPS) is 19.2. The van der Waals surface area contributed by atoms with Gasteiger partial charge >= 0.3 is 0 Å². The SMILES string of the molecule is C=C1c2ccccc2N2c3ccccc3N(c3ccccc3)C2C1(CC)CC. The maximum Gasteiger partial charge on any atom is 0.121 e. The number of nitrogens with zero attached hydrogens (tertiary/aromatic N) is 2. The molecule has 0 aliphatic carbocycles. The predicted molar refractivity (Wildman–Crippen MR) is 119 cm³/mol. The van der Waals surface area contributed by atoms with Gasteiger partial charge in [0.15, 0.2) is 0 Å². The fourth-order valence-corrected chi connectivity index (χ4v) is 5.28. The van der Waals surface area contributed by atoms with E-state index in [2.05, 4.69) is 109 Å². The number of benzene rings is 3. The Bertz CT molecular complexity index is 1030. The van der Waals surface area contributed by atoms with Gasteiger partial charge in [-0.1, -0.05) is 69.0 Å². The molecular weight excluding hydrogens is 340 g/mol. The molecule has 0 saturated carbocycles. The second kappa shape index (κ2) is 6.27. The standard InChI is InChI=1S/C26H26N2/c1-4-26(5-2)19(3)21-15-9-10-16-22(21)28-24-18-12-11-17-23(24)27(25(26)28)20-13-7-6-8-14-20/h6-18,25H,3-5H2,1-2H3. The molecule has 2 heterocycles. The Morgan fingerprint density at radius 3 is 1.89 bits per heavy atom. The summed E-state index contributed by atoms with van der Waals surface area (Å²) in [5.74, 6) is 0. The number of rotatable bonds is 3. The van der Waals surface area contributed by atoms with Crippen LogP contribution in [0.5, 0.6) is 0 Å². The molecular formula is C26H26N2. The molecule has 3 aromatic carbocycles. The summed E-state index contributed by atoms with van der Waals surface area (Å²) in [5.41, 5.74) is 7.58. The van der Waals surface area contributed by atoms with Gasteiger partial charge in [0.05, 0.1) is 17.1 Å². The highest BCUT2D eigenvalue weighted by Crippen LogP contribution is 2.61. The van der Waals surface area contributed by atoms with Crippen LogP contribution in [0.25, 0.3) is 5.57 Å². The third-order valence-electron chi connectivity index (χ3n) is 6.77. The van der Waals surface area contributed by atoms with Gasteiger partial charge in [0.25, 0.3) is 0 Å². The van der Waals surface area contributed by atoms with Gasteiger partial charge in [-0.25, -0.2) is 0 Å². The van der Waals surface area contributed by atoms with E-state index >= 15 is 0 Å². The van der Waals surface area contributed by atoms with Crippen LogP contribution in [-0.4, -0.2) is 6.17 Å². The van der Waals surface area contributed by atoms with Crippen molar-refractivity contribution in [3.63, 3.8) is 0 Å². The van der Waals surface area contributed by atoms with Crippen LogP contribution in [0.4, 0.5) is 22.7 Å². The van der Waals surface area contributed by atoms with Crippen LogP contribution in [0.1, 0.15) is 32.3 Å². The van der Waals surface area contributed by atoms with Crippen molar-refractivity contribution in [2.75, 3.05) is 9.80 Å². The molecule has 0 saturated heterocycles. The molecule has 2 nitrogen and oxygen atoms in total. The van der Waals surface area contributed by atoms with Crippen molar-refractivity contribution in [1.29, 1.82) is 0 Å². The lowest BCUT2D eigenvalue weighted by molar-refractivity contribution is 0.295. The van der Waals surface area contributed by atoms with E-state index in [-0.39, 0.29) is 11.6 Å². The molecule has 0 N–H and O–H groups in total. The summed E-state index contributed by atoms with van der Waals surface area (Å²) in [7, 11) is 0. The van der Waals surface area contributed by atoms with E-state index in [1.807, 2.05) is 0 Å². The highest BCUT2D eigenvalue weighted by Gasteiger charge is 2.54. The van der Waals surface area contributed by atoms with Gasteiger partial charge in [0, 0.05) is 16.7 Å². The largest absolute Gasteiger partial charge is 0.317 e. The van der Waals surface area contributed by atoms with Gasteiger partial charge in [-0.2, -0.15) is 0 Å². The second-order valence-corrected chi connectivity index (χ2v) is 7.80. The molecule has 0 fully saturated rings. The lowest BCUT2D eigenvalue weighted by Gasteiger charge is -2.52. The predicted octanol–water partition coefficient (Wildman–Crippen LogP) is 7.14. The van der Waals surface area contributed by atoms with Crippen molar-refractivity contribution in [3.8, 4) is 0 Å². The highest BCUT2D eigenvalue weighted by molar-refractivity contribution is 5.96. The average molecular weight is 367 g/mol. The maximum atomic E-state index is 4.65. The topological polar surface area (TPSA) is 6.48 Å². The second-order valence-electron chi connectivity index (χ2n) is 7.80. The van der Waals surface area contributed by atoms with Crippen molar-refractivity contribution < 1.29 is 0 Å². The molecule has 0 spiro atoms. The zero-order valence-corrected chi connectivity index (χ0v) is 16.6. The Hall–Kier alpha value is -3.00. The summed E-state index contributed by atoms with van der Waals surface area (Å²) in [6.07, 6.45) is 2.29. The molecule has 140 valence electrons. The fourth-order valence-electron chi connectivity index (χ4n) is 5.28. The minimum absolute atomic E-state index is 0.0246. The zero-order chi connectivity index (χ0) is 19.3. The van der Waals surface area contributed by atoms with Gasteiger partial charge in [0.2, 0.25) is 0 Å². The first-order chi connectivity index (χ1) is 13.7. The van der Waals surface area contributed by atoms with Crippen LogP contribution in [-0.2, 0) is 0 Å². The molecule has 0 amide bonds. The van der Waals surface area contributed by atoms with E-state index in [9.17, 15) is 0 Å². The van der Waals surface area contributed by atoms with Crippen molar-refractivity contribution in [2.24, 2.45) is 5.41 Å². The Morgan fingerprint density at radius 1 is 0.714 bits per heavy atom. The quantitative estimate of drug-likeness (QED) is 0.486. The molecule has 28 heavy (non-hydrogen) atoms. The average Bonchev–Trinajstić information content (AvgIpc) is 3.11. The van der Waals surface area contributed by atoms with E-state index in [4.69, 9.17) is 0 Å². The van der Waals surface area contributed by atoms with Crippen molar-refractivity contribution >= 4 is 28.3 Å². The number of fused-ring (bicyclic) bond motifs is 5. The number of hydrogen-bond acceptors (Lipinski definition) is 2. The Kier molecular flexibility index (Phi) is 3.83. The van der Waals surface area contributed by atoms with E-state index in [1.165, 1.54) is 33.9 Å². The molecule has 5 rings (SSSR count). The number of anilines is 4. The molecule has 2 aliphatic rings. The summed E-state index contributed by atoms with van der Waals surface area (Å²) in [4.78, 5) is 5.09. The Balaban J connectivity index is 1.85. The highest BCUT2D eigenvalue weighted by atomic mass is 15.4. The van der Waals surface area contributed by atoms with Crippen LogP contribution < -0.4 is 9.80 Å². The Labute approximate surface area is 167 Å². The number of para-hydroxylation sites is 4. The van der Waals surface area contributed by atoms with Crippen molar-refractivity contribution in [2.45, 2.75) is 32.9 Å². The van der Waals surface area contributed by atoms with Gasteiger partial charge in [-0.15, -0.1) is 0 Å². The first-order valence-corrected chi connectivity index (χ1v) is 10.2. The molecule has 0 aromatic heterocycles. The third kappa shape index (κ3) is 2.09. The summed E-state index contributed by atoms with van der Waals surface area (Å²) < 4.78 is 0. The van der Waals surface area contributed by atoms with Gasteiger partial charge in [-0.3, -0.25) is 0 Å². The minimum atomic E-state index is -0.0246. The van der Waals surface area contributed by atoms with Gasteiger partial charge in [0.1, 0.15) is 6.17 Å². The molecule has 1 unspecified atom stereocenters. The van der Waals surface area contributed by atoms with Gasteiger partial charge < -0.3 is 9.80 Å². The molecule has 0 bridgehead atoms. The van der Waals surface area contributed by atoms with Crippen LogP contribution in [0.2, 0.25) is 0 Å².